The highest BCUT2D eigenvalue weighted by Gasteiger charge is 2.34. The molecule has 0 saturated heterocycles. The van der Waals surface area contributed by atoms with Crippen LogP contribution in [-0.4, -0.2) is 13.0 Å². The Hall–Kier alpha value is -4.07. The number of carbonyl (C=O) groups is 1. The molecule has 0 bridgehead atoms. The Balaban J connectivity index is 1.67. The number of benzene rings is 3. The van der Waals surface area contributed by atoms with Crippen LogP contribution in [0, 0.1) is 12.7 Å². The summed E-state index contributed by atoms with van der Waals surface area (Å²) in [5.74, 6) is -1.62. The molecule has 4 rings (SSSR count). The highest BCUT2D eigenvalue weighted by atomic mass is 19.4. The lowest BCUT2D eigenvalue weighted by Crippen LogP contribution is -2.12. The number of alkyl halides is 3. The average molecular weight is 483 g/mol. The van der Waals surface area contributed by atoms with Gasteiger partial charge < -0.3 is 14.5 Å². The van der Waals surface area contributed by atoms with Crippen molar-refractivity contribution in [3.8, 4) is 16.9 Å². The molecule has 8 heteroatoms. The number of anilines is 1. The Bertz CT molecular complexity index is 1430. The number of allylic oxidation sites excluding steroid dienone is 1. The topological polar surface area (TPSA) is 51.5 Å². The molecule has 4 aromatic rings. The quantitative estimate of drug-likeness (QED) is 0.235. The highest BCUT2D eigenvalue weighted by molar-refractivity contribution is 6.05. The largest absolute Gasteiger partial charge is 0.496 e. The van der Waals surface area contributed by atoms with E-state index < -0.39 is 23.5 Å². The van der Waals surface area contributed by atoms with E-state index in [0.717, 1.165) is 28.1 Å². The molecule has 0 unspecified atom stereocenters. The van der Waals surface area contributed by atoms with Crippen molar-refractivity contribution in [2.45, 2.75) is 20.0 Å². The van der Waals surface area contributed by atoms with Crippen molar-refractivity contribution in [3.63, 3.8) is 0 Å². The summed E-state index contributed by atoms with van der Waals surface area (Å²) >= 11 is 0. The van der Waals surface area contributed by atoms with E-state index in [9.17, 15) is 22.4 Å². The van der Waals surface area contributed by atoms with E-state index in [0.29, 0.717) is 34.6 Å². The summed E-state index contributed by atoms with van der Waals surface area (Å²) < 4.78 is 63.6. The number of fused-ring (bicyclic) bond motifs is 1. The minimum Gasteiger partial charge on any atom is -0.496 e. The minimum atomic E-state index is -4.88. The molecule has 1 amide bonds. The second-order valence-electron chi connectivity index (χ2n) is 8.07. The number of nitrogens with one attached hydrogen (secondary N) is 1. The summed E-state index contributed by atoms with van der Waals surface area (Å²) in [6.45, 7) is 3.68. The molecule has 0 saturated carbocycles. The summed E-state index contributed by atoms with van der Waals surface area (Å²) in [6, 6.07) is 13.8. The monoisotopic (exact) mass is 483 g/mol. The zero-order valence-electron chi connectivity index (χ0n) is 19.1. The molecule has 0 aliphatic carbocycles. The zero-order valence-corrected chi connectivity index (χ0v) is 19.1. The van der Waals surface area contributed by atoms with Crippen LogP contribution in [0.3, 0.4) is 0 Å². The van der Waals surface area contributed by atoms with Gasteiger partial charge in [0.25, 0.3) is 0 Å². The Morgan fingerprint density at radius 1 is 1.06 bits per heavy atom. The standard InChI is InChI=1S/C27H21F4NO3/c1-15-4-6-17(7-5-15)21-14-35-25-13-24(34-3)19(12-20(21)25)16(2)10-26(33)32-18-8-9-23(28)22(11-18)27(29,30)31/h4-14H,1-3H3,(H,32,33)/b16-10+. The van der Waals surface area contributed by atoms with Gasteiger partial charge in [-0.3, -0.25) is 4.79 Å². The fourth-order valence-electron chi connectivity index (χ4n) is 3.76. The number of hydrogen-bond donors (Lipinski definition) is 1. The molecule has 0 fully saturated rings. The van der Waals surface area contributed by atoms with Crippen LogP contribution in [0.15, 0.2) is 71.4 Å². The van der Waals surface area contributed by atoms with Crippen LogP contribution in [0.1, 0.15) is 23.6 Å². The number of carbonyl (C=O) groups excluding carboxylic acids is 1. The molecule has 0 atom stereocenters. The smallest absolute Gasteiger partial charge is 0.419 e. The zero-order chi connectivity index (χ0) is 25.3. The van der Waals surface area contributed by atoms with Gasteiger partial charge in [-0.25, -0.2) is 4.39 Å². The predicted octanol–water partition coefficient (Wildman–Crippen LogP) is 7.62. The molecule has 35 heavy (non-hydrogen) atoms. The van der Waals surface area contributed by atoms with E-state index in [1.807, 2.05) is 37.3 Å². The lowest BCUT2D eigenvalue weighted by molar-refractivity contribution is -0.140. The first kappa shape index (κ1) is 24.1. The van der Waals surface area contributed by atoms with Gasteiger partial charge in [-0.2, -0.15) is 13.2 Å². The van der Waals surface area contributed by atoms with E-state index in [4.69, 9.17) is 9.15 Å². The number of rotatable bonds is 5. The first-order valence-corrected chi connectivity index (χ1v) is 10.6. The maximum atomic E-state index is 13.5. The molecule has 4 nitrogen and oxygen atoms in total. The lowest BCUT2D eigenvalue weighted by Gasteiger charge is -2.12. The molecule has 3 aromatic carbocycles. The van der Waals surface area contributed by atoms with Gasteiger partial charge >= 0.3 is 6.18 Å². The van der Waals surface area contributed by atoms with Gasteiger partial charge in [-0.05, 0) is 49.2 Å². The molecule has 1 heterocycles. The summed E-state index contributed by atoms with van der Waals surface area (Å²) in [5.41, 5.74) is 3.05. The maximum absolute atomic E-state index is 13.5. The highest BCUT2D eigenvalue weighted by Crippen LogP contribution is 2.37. The van der Waals surface area contributed by atoms with Crippen molar-refractivity contribution in [2.75, 3.05) is 12.4 Å². The summed E-state index contributed by atoms with van der Waals surface area (Å²) in [6.07, 6.45) is -1.98. The molecule has 180 valence electrons. The van der Waals surface area contributed by atoms with Gasteiger partial charge in [0.15, 0.2) is 0 Å². The Morgan fingerprint density at radius 3 is 2.43 bits per heavy atom. The van der Waals surface area contributed by atoms with E-state index in [1.165, 1.54) is 13.2 Å². The second kappa shape index (κ2) is 9.29. The molecule has 0 spiro atoms. The van der Waals surface area contributed by atoms with Crippen molar-refractivity contribution < 1.29 is 31.5 Å². The van der Waals surface area contributed by atoms with Crippen molar-refractivity contribution in [1.29, 1.82) is 0 Å². The SMILES string of the molecule is COc1cc2occ(-c3ccc(C)cc3)c2cc1/C(C)=C/C(=O)Nc1ccc(F)c(C(F)(F)F)c1. The lowest BCUT2D eigenvalue weighted by atomic mass is 9.99. The van der Waals surface area contributed by atoms with Gasteiger partial charge in [0.1, 0.15) is 17.1 Å². The molecule has 0 aliphatic heterocycles. The number of aryl methyl sites for hydroxylation is 1. The summed E-state index contributed by atoms with van der Waals surface area (Å²) in [7, 11) is 1.49. The van der Waals surface area contributed by atoms with Crippen LogP contribution < -0.4 is 10.1 Å². The van der Waals surface area contributed by atoms with Crippen LogP contribution in [-0.2, 0) is 11.0 Å². The van der Waals surface area contributed by atoms with Gasteiger partial charge in [-0.15, -0.1) is 0 Å². The fraction of sp³-hybridized carbons (Fsp3) is 0.148. The van der Waals surface area contributed by atoms with E-state index in [1.54, 1.807) is 19.3 Å². The van der Waals surface area contributed by atoms with Gasteiger partial charge in [0, 0.05) is 34.3 Å². The number of amides is 1. The third-order valence-electron chi connectivity index (χ3n) is 5.57. The van der Waals surface area contributed by atoms with Crippen molar-refractivity contribution in [1.82, 2.24) is 0 Å². The molecule has 0 radical (unpaired) electrons. The number of methoxy groups -OCH3 is 1. The van der Waals surface area contributed by atoms with Crippen molar-refractivity contribution in [3.05, 3.63) is 89.4 Å². The van der Waals surface area contributed by atoms with Crippen molar-refractivity contribution in [2.24, 2.45) is 0 Å². The van der Waals surface area contributed by atoms with E-state index in [-0.39, 0.29) is 5.69 Å². The van der Waals surface area contributed by atoms with Gasteiger partial charge in [-0.1, -0.05) is 29.8 Å². The Labute approximate surface area is 198 Å². The third-order valence-corrected chi connectivity index (χ3v) is 5.57. The Morgan fingerprint density at radius 2 is 1.77 bits per heavy atom. The number of ether oxygens (including phenoxy) is 1. The first-order valence-electron chi connectivity index (χ1n) is 10.6. The predicted molar refractivity (Wildman–Crippen MR) is 127 cm³/mol. The molecular formula is C27H21F4NO3. The summed E-state index contributed by atoms with van der Waals surface area (Å²) in [5, 5.41) is 3.16. The molecule has 0 aliphatic rings. The number of hydrogen-bond acceptors (Lipinski definition) is 3. The van der Waals surface area contributed by atoms with Gasteiger partial charge in [0.2, 0.25) is 5.91 Å². The van der Waals surface area contributed by atoms with Crippen LogP contribution in [0.4, 0.5) is 23.2 Å². The van der Waals surface area contributed by atoms with E-state index in [2.05, 4.69) is 5.32 Å². The maximum Gasteiger partial charge on any atom is 0.419 e. The normalized spacial score (nSPS) is 12.1. The average Bonchev–Trinajstić information content (AvgIpc) is 3.22. The third kappa shape index (κ3) is 5.06. The van der Waals surface area contributed by atoms with Crippen LogP contribution >= 0.6 is 0 Å². The molecular weight excluding hydrogens is 462 g/mol. The second-order valence-corrected chi connectivity index (χ2v) is 8.07. The molecule has 1 N–H and O–H groups in total. The fourth-order valence-corrected chi connectivity index (χ4v) is 3.76. The van der Waals surface area contributed by atoms with E-state index >= 15 is 0 Å². The first-order chi connectivity index (χ1) is 16.6. The Kier molecular flexibility index (Phi) is 6.39. The van der Waals surface area contributed by atoms with Crippen molar-refractivity contribution >= 4 is 28.1 Å². The van der Waals surface area contributed by atoms with Crippen LogP contribution in [0.2, 0.25) is 0 Å². The summed E-state index contributed by atoms with van der Waals surface area (Å²) in [4.78, 5) is 12.6. The number of furan rings is 1. The van der Waals surface area contributed by atoms with Crippen LogP contribution in [0.5, 0.6) is 5.75 Å². The van der Waals surface area contributed by atoms with Gasteiger partial charge in [0.05, 0.1) is 18.9 Å². The molecule has 1 aromatic heterocycles. The number of halogens is 4. The van der Waals surface area contributed by atoms with Crippen LogP contribution in [0.25, 0.3) is 27.7 Å². The minimum absolute atomic E-state index is 0.174.